The highest BCUT2D eigenvalue weighted by Gasteiger charge is 1.94. The second kappa shape index (κ2) is 12.2. The van der Waals surface area contributed by atoms with Crippen molar-refractivity contribution in [1.82, 2.24) is 5.32 Å². The van der Waals surface area contributed by atoms with Crippen molar-refractivity contribution in [3.8, 4) is 0 Å². The number of rotatable bonds is 6. The van der Waals surface area contributed by atoms with Gasteiger partial charge in [0.2, 0.25) is 5.91 Å². The van der Waals surface area contributed by atoms with Crippen LogP contribution in [0, 0.1) is 0 Å². The molecule has 0 aliphatic rings. The number of carboxylic acids is 1. The molecular formula is C8H18NO6P. The van der Waals surface area contributed by atoms with E-state index < -0.39 is 14.2 Å². The average Bonchev–Trinajstić information content (AvgIpc) is 2.16. The molecule has 0 aromatic heterocycles. The Morgan fingerprint density at radius 1 is 1.25 bits per heavy atom. The lowest BCUT2D eigenvalue weighted by Gasteiger charge is -1.97. The van der Waals surface area contributed by atoms with Gasteiger partial charge in [-0.05, 0) is 13.8 Å². The van der Waals surface area contributed by atoms with Crippen molar-refractivity contribution in [2.75, 3.05) is 19.8 Å². The molecule has 0 heterocycles. The van der Waals surface area contributed by atoms with Gasteiger partial charge in [-0.1, -0.05) is 0 Å². The van der Waals surface area contributed by atoms with E-state index in [1.807, 2.05) is 0 Å². The van der Waals surface area contributed by atoms with Gasteiger partial charge >= 0.3 is 14.2 Å². The van der Waals surface area contributed by atoms with E-state index in [9.17, 15) is 14.2 Å². The molecule has 0 radical (unpaired) electrons. The van der Waals surface area contributed by atoms with Gasteiger partial charge in [0.1, 0.15) is 6.54 Å². The Bertz CT molecular complexity index is 211. The van der Waals surface area contributed by atoms with Gasteiger partial charge in [0.05, 0.1) is 13.2 Å². The smallest absolute Gasteiger partial charge is 0.322 e. The van der Waals surface area contributed by atoms with Gasteiger partial charge in [-0.2, -0.15) is 0 Å². The molecule has 0 spiro atoms. The molecule has 0 rings (SSSR count). The lowest BCUT2D eigenvalue weighted by Crippen LogP contribution is -2.26. The Morgan fingerprint density at radius 3 is 1.88 bits per heavy atom. The van der Waals surface area contributed by atoms with Crippen molar-refractivity contribution in [3.05, 3.63) is 0 Å². The Labute approximate surface area is 95.1 Å². The molecule has 96 valence electrons. The Morgan fingerprint density at radius 2 is 1.69 bits per heavy atom. The zero-order chi connectivity index (χ0) is 13.0. The van der Waals surface area contributed by atoms with Gasteiger partial charge in [-0.3, -0.25) is 14.2 Å². The second-order valence-electron chi connectivity index (χ2n) is 2.42. The van der Waals surface area contributed by atoms with E-state index in [1.54, 1.807) is 13.8 Å². The number of carbonyl (C=O) groups excluding carboxylic acids is 1. The number of carboxylic acid groups (broad SMARTS) is 1. The summed E-state index contributed by atoms with van der Waals surface area (Å²) in [6.45, 7) is 5.44. The minimum atomic E-state index is -2.14. The molecule has 0 aliphatic heterocycles. The van der Waals surface area contributed by atoms with Crippen molar-refractivity contribution in [2.24, 2.45) is 0 Å². The summed E-state index contributed by atoms with van der Waals surface area (Å²) in [6, 6.07) is 0. The molecule has 0 aromatic carbocycles. The van der Waals surface area contributed by atoms with Crippen LogP contribution in [0.3, 0.4) is 0 Å². The molecule has 0 aromatic rings. The van der Waals surface area contributed by atoms with Gasteiger partial charge < -0.3 is 19.5 Å². The molecule has 0 bridgehead atoms. The topological polar surface area (TPSA) is 102 Å². The Hall–Kier alpha value is -0.910. The summed E-state index contributed by atoms with van der Waals surface area (Å²) >= 11 is 0. The zero-order valence-corrected chi connectivity index (χ0v) is 10.6. The van der Waals surface area contributed by atoms with Crippen LogP contribution >= 0.6 is 8.25 Å². The molecule has 0 atom stereocenters. The predicted molar refractivity (Wildman–Crippen MR) is 58.6 cm³/mol. The molecule has 0 aliphatic carbocycles. The van der Waals surface area contributed by atoms with Crippen LogP contribution < -0.4 is 5.32 Å². The summed E-state index contributed by atoms with van der Waals surface area (Å²) in [7, 11) is -2.14. The van der Waals surface area contributed by atoms with Crippen molar-refractivity contribution in [1.29, 1.82) is 0 Å². The van der Waals surface area contributed by atoms with E-state index >= 15 is 0 Å². The van der Waals surface area contributed by atoms with E-state index in [4.69, 9.17) is 5.11 Å². The quantitative estimate of drug-likeness (QED) is 0.676. The normalized spacial score (nSPS) is 9.25. The van der Waals surface area contributed by atoms with Crippen LogP contribution in [0.2, 0.25) is 0 Å². The summed E-state index contributed by atoms with van der Waals surface area (Å²) in [5, 5.41) is 10.1. The average molecular weight is 255 g/mol. The number of carbonyl (C=O) groups is 2. The maximum atomic E-state index is 10.4. The first-order valence-electron chi connectivity index (χ1n) is 4.69. The third-order valence-electron chi connectivity index (χ3n) is 1.01. The van der Waals surface area contributed by atoms with Crippen LogP contribution in [-0.2, 0) is 23.2 Å². The minimum Gasteiger partial charge on any atom is -0.480 e. The van der Waals surface area contributed by atoms with Crippen LogP contribution in [0.15, 0.2) is 0 Å². The standard InChI is InChI=1S/C4H7NO3.C4H11O3P/c1-3(6)5-2-4(7)8;1-3-6-8(5)7-4-2/h2H2,1H3,(H,5,6)(H,7,8);8H,3-4H2,1-2H3. The first-order chi connectivity index (χ1) is 7.43. The fraction of sp³-hybridized carbons (Fsp3) is 0.750. The summed E-state index contributed by atoms with van der Waals surface area (Å²) < 4.78 is 19.6. The molecule has 0 fully saturated rings. The van der Waals surface area contributed by atoms with Crippen molar-refractivity contribution in [2.45, 2.75) is 20.8 Å². The summed E-state index contributed by atoms with van der Waals surface area (Å²) in [5.41, 5.74) is 0. The number of hydrogen-bond donors (Lipinski definition) is 2. The SMILES string of the molecule is CC(=O)NCC(=O)O.CCO[PH](=O)OCC. The highest BCUT2D eigenvalue weighted by molar-refractivity contribution is 7.33. The van der Waals surface area contributed by atoms with Gasteiger partial charge in [0.15, 0.2) is 0 Å². The van der Waals surface area contributed by atoms with Crippen LogP contribution in [-0.4, -0.2) is 36.7 Å². The van der Waals surface area contributed by atoms with Crippen molar-refractivity contribution in [3.63, 3.8) is 0 Å². The summed E-state index contributed by atoms with van der Waals surface area (Å²) in [5.74, 6) is -1.35. The minimum absolute atomic E-state index is 0.296. The monoisotopic (exact) mass is 255 g/mol. The zero-order valence-electron chi connectivity index (χ0n) is 9.61. The summed E-state index contributed by atoms with van der Waals surface area (Å²) in [6.07, 6.45) is 0. The van der Waals surface area contributed by atoms with Gasteiger partial charge in [-0.15, -0.1) is 0 Å². The summed E-state index contributed by atoms with van der Waals surface area (Å²) in [4.78, 5) is 19.7. The van der Waals surface area contributed by atoms with Crippen molar-refractivity contribution < 1.29 is 28.3 Å². The first kappa shape index (κ1) is 17.5. The number of amides is 1. The molecular weight excluding hydrogens is 237 g/mol. The second-order valence-corrected chi connectivity index (χ2v) is 3.50. The molecule has 0 saturated carbocycles. The van der Waals surface area contributed by atoms with E-state index in [1.165, 1.54) is 6.92 Å². The highest BCUT2D eigenvalue weighted by atomic mass is 31.1. The number of aliphatic carboxylic acids is 1. The largest absolute Gasteiger partial charge is 0.480 e. The van der Waals surface area contributed by atoms with Gasteiger partial charge in [-0.25, -0.2) is 0 Å². The molecule has 1 amide bonds. The molecule has 7 nitrogen and oxygen atoms in total. The van der Waals surface area contributed by atoms with Crippen LogP contribution in [0.5, 0.6) is 0 Å². The van der Waals surface area contributed by atoms with Gasteiger partial charge in [0, 0.05) is 6.92 Å². The predicted octanol–water partition coefficient (Wildman–Crippen LogP) is 0.656. The van der Waals surface area contributed by atoms with E-state index in [0.717, 1.165) is 0 Å². The molecule has 8 heteroatoms. The molecule has 0 unspecified atom stereocenters. The maximum absolute atomic E-state index is 10.4. The van der Waals surface area contributed by atoms with Crippen molar-refractivity contribution >= 4 is 20.1 Å². The third kappa shape index (κ3) is 18.8. The molecule has 0 saturated heterocycles. The van der Waals surface area contributed by atoms with E-state index in [2.05, 4.69) is 14.4 Å². The lowest BCUT2D eigenvalue weighted by atomic mass is 10.6. The number of hydrogen-bond acceptors (Lipinski definition) is 5. The Balaban J connectivity index is 0. The third-order valence-corrected chi connectivity index (χ3v) is 2.06. The first-order valence-corrected chi connectivity index (χ1v) is 5.92. The Kier molecular flexibility index (Phi) is 13.3. The fourth-order valence-electron chi connectivity index (χ4n) is 0.477. The molecule has 2 N–H and O–H groups in total. The van der Waals surface area contributed by atoms with E-state index in [-0.39, 0.29) is 12.5 Å². The molecule has 16 heavy (non-hydrogen) atoms. The van der Waals surface area contributed by atoms with Crippen LogP contribution in [0.1, 0.15) is 20.8 Å². The van der Waals surface area contributed by atoms with Crippen LogP contribution in [0.25, 0.3) is 0 Å². The fourth-order valence-corrected chi connectivity index (χ4v) is 1.03. The number of nitrogens with one attached hydrogen (secondary N) is 1. The lowest BCUT2D eigenvalue weighted by molar-refractivity contribution is -0.137. The van der Waals surface area contributed by atoms with Crippen LogP contribution in [0.4, 0.5) is 0 Å². The van der Waals surface area contributed by atoms with E-state index in [0.29, 0.717) is 13.2 Å². The van der Waals surface area contributed by atoms with Gasteiger partial charge in [0.25, 0.3) is 0 Å². The maximum Gasteiger partial charge on any atom is 0.322 e. The highest BCUT2D eigenvalue weighted by Crippen LogP contribution is 2.21.